The minimum Gasteiger partial charge on any atom is -0.207 e. The van der Waals surface area contributed by atoms with Gasteiger partial charge in [-0.3, -0.25) is 0 Å². The third-order valence-electron chi connectivity index (χ3n) is 2.98. The Morgan fingerprint density at radius 3 is 2.25 bits per heavy atom. The molecule has 0 saturated carbocycles. The topological polar surface area (TPSA) is 0 Å². The molecule has 2 aromatic rings. The van der Waals surface area contributed by atoms with Crippen LogP contribution in [0.4, 0.5) is 17.6 Å². The molecule has 1 atom stereocenters. The number of hydrogen-bond donors (Lipinski definition) is 0. The van der Waals surface area contributed by atoms with Gasteiger partial charge in [0.25, 0.3) is 0 Å². The van der Waals surface area contributed by atoms with Crippen molar-refractivity contribution in [1.29, 1.82) is 0 Å². The average molecular weight is 303 g/mol. The molecule has 0 aliphatic carbocycles. The molecule has 1 unspecified atom stereocenters. The molecule has 2 rings (SSSR count). The van der Waals surface area contributed by atoms with Crippen LogP contribution in [0, 0.1) is 12.7 Å². The fourth-order valence-electron chi connectivity index (χ4n) is 1.89. The Kier molecular flexibility index (Phi) is 4.04. The van der Waals surface area contributed by atoms with Crippen LogP contribution < -0.4 is 0 Å². The lowest BCUT2D eigenvalue weighted by Gasteiger charge is -2.14. The van der Waals surface area contributed by atoms with Gasteiger partial charge >= 0.3 is 6.18 Å². The van der Waals surface area contributed by atoms with E-state index in [9.17, 15) is 17.6 Å². The highest BCUT2D eigenvalue weighted by atomic mass is 35.5. The van der Waals surface area contributed by atoms with E-state index in [2.05, 4.69) is 0 Å². The first-order valence-electron chi connectivity index (χ1n) is 5.86. The third-order valence-corrected chi connectivity index (χ3v) is 3.49. The van der Waals surface area contributed by atoms with Gasteiger partial charge in [0, 0.05) is 0 Å². The molecule has 0 aliphatic heterocycles. The second-order valence-electron chi connectivity index (χ2n) is 4.49. The van der Waals surface area contributed by atoms with Gasteiger partial charge in [0.2, 0.25) is 0 Å². The Bertz CT molecular complexity index is 620. The second-order valence-corrected chi connectivity index (χ2v) is 4.93. The van der Waals surface area contributed by atoms with E-state index in [1.807, 2.05) is 0 Å². The van der Waals surface area contributed by atoms with Crippen molar-refractivity contribution in [3.05, 3.63) is 70.5 Å². The van der Waals surface area contributed by atoms with Crippen LogP contribution in [0.25, 0.3) is 0 Å². The molecule has 2 aromatic carbocycles. The highest BCUT2D eigenvalue weighted by molar-refractivity contribution is 6.22. The Morgan fingerprint density at radius 1 is 1.00 bits per heavy atom. The van der Waals surface area contributed by atoms with E-state index in [0.29, 0.717) is 16.7 Å². The quantitative estimate of drug-likeness (QED) is 0.509. The SMILES string of the molecule is Cc1cc(C(Cl)c2cccc(C(F)(F)F)c2)ccc1F. The van der Waals surface area contributed by atoms with Crippen molar-refractivity contribution >= 4 is 11.6 Å². The maximum absolute atomic E-state index is 13.2. The predicted molar refractivity (Wildman–Crippen MR) is 70.3 cm³/mol. The zero-order valence-corrected chi connectivity index (χ0v) is 11.3. The van der Waals surface area contributed by atoms with Crippen molar-refractivity contribution in [3.8, 4) is 0 Å². The lowest BCUT2D eigenvalue weighted by Crippen LogP contribution is -2.06. The van der Waals surface area contributed by atoms with Crippen molar-refractivity contribution in [1.82, 2.24) is 0 Å². The molecular formula is C15H11ClF4. The van der Waals surface area contributed by atoms with Gasteiger partial charge in [-0.25, -0.2) is 4.39 Å². The van der Waals surface area contributed by atoms with Crippen LogP contribution in [-0.4, -0.2) is 0 Å². The van der Waals surface area contributed by atoms with Crippen molar-refractivity contribution in [2.45, 2.75) is 18.5 Å². The molecule has 0 radical (unpaired) electrons. The van der Waals surface area contributed by atoms with E-state index in [-0.39, 0.29) is 5.82 Å². The molecule has 0 aromatic heterocycles. The normalized spacial score (nSPS) is 13.3. The first kappa shape index (κ1) is 14.9. The fourth-order valence-corrected chi connectivity index (χ4v) is 2.16. The van der Waals surface area contributed by atoms with Crippen LogP contribution in [0.3, 0.4) is 0 Å². The smallest absolute Gasteiger partial charge is 0.207 e. The van der Waals surface area contributed by atoms with Gasteiger partial charge in [-0.2, -0.15) is 13.2 Å². The zero-order chi connectivity index (χ0) is 14.9. The highest BCUT2D eigenvalue weighted by Crippen LogP contribution is 2.34. The number of rotatable bonds is 2. The van der Waals surface area contributed by atoms with E-state index >= 15 is 0 Å². The number of aryl methyl sites for hydroxylation is 1. The molecule has 20 heavy (non-hydrogen) atoms. The van der Waals surface area contributed by atoms with E-state index in [1.165, 1.54) is 30.3 Å². The average Bonchev–Trinajstić information content (AvgIpc) is 2.40. The Balaban J connectivity index is 2.38. The molecule has 0 aliphatic rings. The summed E-state index contributed by atoms with van der Waals surface area (Å²) >= 11 is 6.19. The molecule has 0 bridgehead atoms. The largest absolute Gasteiger partial charge is 0.416 e. The van der Waals surface area contributed by atoms with Crippen molar-refractivity contribution in [3.63, 3.8) is 0 Å². The van der Waals surface area contributed by atoms with Gasteiger partial charge in [-0.15, -0.1) is 11.6 Å². The van der Waals surface area contributed by atoms with Gasteiger partial charge in [-0.1, -0.05) is 24.3 Å². The summed E-state index contributed by atoms with van der Waals surface area (Å²) in [6.45, 7) is 1.58. The summed E-state index contributed by atoms with van der Waals surface area (Å²) in [6, 6.07) is 9.09. The summed E-state index contributed by atoms with van der Waals surface area (Å²) in [7, 11) is 0. The number of alkyl halides is 4. The summed E-state index contributed by atoms with van der Waals surface area (Å²) < 4.78 is 51.2. The van der Waals surface area contributed by atoms with Crippen molar-refractivity contribution in [2.24, 2.45) is 0 Å². The number of benzene rings is 2. The van der Waals surface area contributed by atoms with Crippen LogP contribution in [0.15, 0.2) is 42.5 Å². The molecule has 0 amide bonds. The lowest BCUT2D eigenvalue weighted by molar-refractivity contribution is -0.137. The van der Waals surface area contributed by atoms with Crippen LogP contribution in [0.1, 0.15) is 27.6 Å². The zero-order valence-electron chi connectivity index (χ0n) is 10.5. The predicted octanol–water partition coefficient (Wildman–Crippen LogP) is 5.48. The van der Waals surface area contributed by atoms with E-state index < -0.39 is 17.1 Å². The van der Waals surface area contributed by atoms with Gasteiger partial charge in [0.1, 0.15) is 5.82 Å². The molecule has 0 N–H and O–H groups in total. The molecule has 0 spiro atoms. The van der Waals surface area contributed by atoms with Gasteiger partial charge in [0.05, 0.1) is 10.9 Å². The second kappa shape index (κ2) is 5.44. The highest BCUT2D eigenvalue weighted by Gasteiger charge is 2.31. The van der Waals surface area contributed by atoms with Crippen molar-refractivity contribution < 1.29 is 17.6 Å². The maximum Gasteiger partial charge on any atom is 0.416 e. The molecule has 0 heterocycles. The summed E-state index contributed by atoms with van der Waals surface area (Å²) in [4.78, 5) is 0. The minimum absolute atomic E-state index is 0.326. The van der Waals surface area contributed by atoms with Crippen LogP contribution >= 0.6 is 11.6 Å². The summed E-state index contributed by atoms with van der Waals surface area (Å²) in [5.41, 5.74) is 0.539. The monoisotopic (exact) mass is 302 g/mol. The van der Waals surface area contributed by atoms with Crippen LogP contribution in [0.2, 0.25) is 0 Å². The fraction of sp³-hybridized carbons (Fsp3) is 0.200. The molecule has 0 saturated heterocycles. The van der Waals surface area contributed by atoms with E-state index in [0.717, 1.165) is 12.1 Å². The molecular weight excluding hydrogens is 292 g/mol. The lowest BCUT2D eigenvalue weighted by atomic mass is 10.0. The van der Waals surface area contributed by atoms with Crippen LogP contribution in [0.5, 0.6) is 0 Å². The summed E-state index contributed by atoms with van der Waals surface area (Å²) in [5.74, 6) is -0.373. The molecule has 0 fully saturated rings. The van der Waals surface area contributed by atoms with Crippen LogP contribution in [-0.2, 0) is 6.18 Å². The maximum atomic E-state index is 13.2. The Hall–Kier alpha value is -1.55. The van der Waals surface area contributed by atoms with Gasteiger partial charge in [-0.05, 0) is 41.8 Å². The minimum atomic E-state index is -4.41. The van der Waals surface area contributed by atoms with Gasteiger partial charge in [0.15, 0.2) is 0 Å². The first-order valence-corrected chi connectivity index (χ1v) is 6.30. The third kappa shape index (κ3) is 3.12. The number of hydrogen-bond acceptors (Lipinski definition) is 0. The summed E-state index contributed by atoms with van der Waals surface area (Å²) in [6.07, 6.45) is -4.41. The van der Waals surface area contributed by atoms with E-state index in [1.54, 1.807) is 6.92 Å². The van der Waals surface area contributed by atoms with Gasteiger partial charge < -0.3 is 0 Å². The Morgan fingerprint density at radius 2 is 1.65 bits per heavy atom. The molecule has 5 heteroatoms. The number of halogens is 5. The molecule has 106 valence electrons. The summed E-state index contributed by atoms with van der Waals surface area (Å²) in [5, 5.41) is -0.753. The van der Waals surface area contributed by atoms with Crippen molar-refractivity contribution in [2.75, 3.05) is 0 Å². The standard InChI is InChI=1S/C15H11ClF4/c1-9-7-11(5-6-13(9)17)14(16)10-3-2-4-12(8-10)15(18,19)20/h2-8,14H,1H3. The first-order chi connectivity index (χ1) is 9.29. The van der Waals surface area contributed by atoms with E-state index in [4.69, 9.17) is 11.6 Å². The molecule has 0 nitrogen and oxygen atoms in total. The Labute approximate surface area is 119 Å².